The molecule has 1 atom stereocenters. The SMILES string of the molecule is OC(c1ccc(C2CCC2)cc1)c1ccoc1Br. The molecule has 2 aromatic rings. The number of hydrogen-bond acceptors (Lipinski definition) is 2. The van der Waals surface area contributed by atoms with Crippen LogP contribution in [0, 0.1) is 0 Å². The lowest BCUT2D eigenvalue weighted by molar-refractivity contribution is 0.218. The summed E-state index contributed by atoms with van der Waals surface area (Å²) in [7, 11) is 0. The van der Waals surface area contributed by atoms with Gasteiger partial charge in [0.05, 0.1) is 6.26 Å². The molecule has 1 aliphatic rings. The van der Waals surface area contributed by atoms with Gasteiger partial charge in [-0.05, 0) is 51.9 Å². The number of hydrogen-bond donors (Lipinski definition) is 1. The van der Waals surface area contributed by atoms with Crippen molar-refractivity contribution in [3.05, 3.63) is 58.0 Å². The van der Waals surface area contributed by atoms with Gasteiger partial charge in [0.1, 0.15) is 6.10 Å². The third-order valence-corrected chi connectivity index (χ3v) is 4.41. The Balaban J connectivity index is 1.82. The second-order valence-corrected chi connectivity index (χ2v) is 5.57. The minimum atomic E-state index is -0.631. The summed E-state index contributed by atoms with van der Waals surface area (Å²) in [6.07, 6.45) is 4.89. The van der Waals surface area contributed by atoms with E-state index in [9.17, 15) is 5.11 Å². The maximum absolute atomic E-state index is 10.3. The molecule has 0 bridgehead atoms. The van der Waals surface area contributed by atoms with Crippen molar-refractivity contribution in [1.82, 2.24) is 0 Å². The average Bonchev–Trinajstić information content (AvgIpc) is 2.73. The lowest BCUT2D eigenvalue weighted by Crippen LogP contribution is -2.08. The highest BCUT2D eigenvalue weighted by atomic mass is 79.9. The maximum atomic E-state index is 10.3. The molecule has 0 saturated heterocycles. The standard InChI is InChI=1S/C15H15BrO2/c16-15-13(8-9-18-15)14(17)12-6-4-11(5-7-12)10-2-1-3-10/h4-10,14,17H,1-3H2. The smallest absolute Gasteiger partial charge is 0.175 e. The molecular weight excluding hydrogens is 292 g/mol. The Kier molecular flexibility index (Phi) is 3.27. The summed E-state index contributed by atoms with van der Waals surface area (Å²) in [6, 6.07) is 10.1. The molecule has 1 aromatic heterocycles. The van der Waals surface area contributed by atoms with Crippen LogP contribution in [-0.4, -0.2) is 5.11 Å². The zero-order valence-corrected chi connectivity index (χ0v) is 11.6. The van der Waals surface area contributed by atoms with E-state index in [2.05, 4.69) is 28.1 Å². The predicted octanol–water partition coefficient (Wildman–Crippen LogP) is 4.39. The van der Waals surface area contributed by atoms with Gasteiger partial charge in [-0.2, -0.15) is 0 Å². The van der Waals surface area contributed by atoms with Crippen molar-refractivity contribution in [3.8, 4) is 0 Å². The fourth-order valence-corrected chi connectivity index (χ4v) is 2.83. The first kappa shape index (κ1) is 12.0. The van der Waals surface area contributed by atoms with Gasteiger partial charge in [-0.25, -0.2) is 0 Å². The van der Waals surface area contributed by atoms with Crippen molar-refractivity contribution >= 4 is 15.9 Å². The number of furan rings is 1. The van der Waals surface area contributed by atoms with Gasteiger partial charge in [0.2, 0.25) is 0 Å². The van der Waals surface area contributed by atoms with E-state index in [4.69, 9.17) is 4.42 Å². The second kappa shape index (κ2) is 4.90. The van der Waals surface area contributed by atoms with Gasteiger partial charge in [0.15, 0.2) is 4.67 Å². The molecule has 1 N–H and O–H groups in total. The molecule has 0 radical (unpaired) electrons. The fraction of sp³-hybridized carbons (Fsp3) is 0.333. The molecule has 3 heteroatoms. The monoisotopic (exact) mass is 306 g/mol. The molecule has 18 heavy (non-hydrogen) atoms. The van der Waals surface area contributed by atoms with Crippen LogP contribution in [0.25, 0.3) is 0 Å². The van der Waals surface area contributed by atoms with Crippen molar-refractivity contribution in [1.29, 1.82) is 0 Å². The number of aliphatic hydroxyl groups excluding tert-OH is 1. The Morgan fingerprint density at radius 2 is 1.89 bits per heavy atom. The van der Waals surface area contributed by atoms with Crippen LogP contribution in [0.2, 0.25) is 0 Å². The summed E-state index contributed by atoms with van der Waals surface area (Å²) in [5.41, 5.74) is 3.06. The normalized spacial score (nSPS) is 17.4. The van der Waals surface area contributed by atoms with E-state index in [-0.39, 0.29) is 0 Å². The maximum Gasteiger partial charge on any atom is 0.175 e. The lowest BCUT2D eigenvalue weighted by atomic mass is 9.80. The van der Waals surface area contributed by atoms with Crippen LogP contribution in [0.15, 0.2) is 45.7 Å². The van der Waals surface area contributed by atoms with E-state index in [1.807, 2.05) is 12.1 Å². The van der Waals surface area contributed by atoms with Crippen molar-refractivity contribution in [2.75, 3.05) is 0 Å². The fourth-order valence-electron chi connectivity index (χ4n) is 2.37. The van der Waals surface area contributed by atoms with Crippen molar-refractivity contribution < 1.29 is 9.52 Å². The number of benzene rings is 1. The van der Waals surface area contributed by atoms with Gasteiger partial charge in [-0.15, -0.1) is 0 Å². The molecule has 1 fully saturated rings. The summed E-state index contributed by atoms with van der Waals surface area (Å²) >= 11 is 3.30. The van der Waals surface area contributed by atoms with Crippen LogP contribution in [0.5, 0.6) is 0 Å². The summed E-state index contributed by atoms with van der Waals surface area (Å²) < 4.78 is 5.75. The van der Waals surface area contributed by atoms with Crippen LogP contribution < -0.4 is 0 Å². The highest BCUT2D eigenvalue weighted by Gasteiger charge is 2.20. The van der Waals surface area contributed by atoms with Gasteiger partial charge in [0, 0.05) is 5.56 Å². The van der Waals surface area contributed by atoms with Crippen LogP contribution in [0.4, 0.5) is 0 Å². The summed E-state index contributed by atoms with van der Waals surface area (Å²) in [5.74, 6) is 0.733. The van der Waals surface area contributed by atoms with Crippen molar-refractivity contribution in [2.45, 2.75) is 31.3 Å². The van der Waals surface area contributed by atoms with Crippen LogP contribution >= 0.6 is 15.9 Å². The van der Waals surface area contributed by atoms with E-state index in [0.717, 1.165) is 17.0 Å². The van der Waals surface area contributed by atoms with Gasteiger partial charge in [0.25, 0.3) is 0 Å². The molecule has 0 aliphatic heterocycles. The number of rotatable bonds is 3. The largest absolute Gasteiger partial charge is 0.457 e. The molecule has 3 rings (SSSR count). The van der Waals surface area contributed by atoms with Crippen LogP contribution in [0.1, 0.15) is 48.0 Å². The average molecular weight is 307 g/mol. The van der Waals surface area contributed by atoms with Gasteiger partial charge in [-0.1, -0.05) is 30.7 Å². The Labute approximate surface area is 115 Å². The quantitative estimate of drug-likeness (QED) is 0.912. The minimum Gasteiger partial charge on any atom is -0.457 e. The molecule has 1 saturated carbocycles. The first-order valence-electron chi connectivity index (χ1n) is 6.26. The lowest BCUT2D eigenvalue weighted by Gasteiger charge is -2.26. The Hall–Kier alpha value is -1.06. The number of halogens is 1. The van der Waals surface area contributed by atoms with Crippen LogP contribution in [-0.2, 0) is 0 Å². The molecule has 0 spiro atoms. The topological polar surface area (TPSA) is 33.4 Å². The van der Waals surface area contributed by atoms with Crippen molar-refractivity contribution in [3.63, 3.8) is 0 Å². The number of aliphatic hydroxyl groups is 1. The molecule has 1 heterocycles. The summed E-state index contributed by atoms with van der Waals surface area (Å²) in [4.78, 5) is 0. The highest BCUT2D eigenvalue weighted by molar-refractivity contribution is 9.10. The minimum absolute atomic E-state index is 0.595. The Morgan fingerprint density at radius 1 is 1.17 bits per heavy atom. The van der Waals surface area contributed by atoms with Gasteiger partial charge < -0.3 is 9.52 Å². The first-order chi connectivity index (χ1) is 8.75. The van der Waals surface area contributed by atoms with Crippen molar-refractivity contribution in [2.24, 2.45) is 0 Å². The summed E-state index contributed by atoms with van der Waals surface area (Å²) in [6.45, 7) is 0. The molecule has 2 nitrogen and oxygen atoms in total. The first-order valence-corrected chi connectivity index (χ1v) is 7.06. The summed E-state index contributed by atoms with van der Waals surface area (Å²) in [5, 5.41) is 10.3. The predicted molar refractivity (Wildman–Crippen MR) is 73.5 cm³/mol. The van der Waals surface area contributed by atoms with E-state index in [0.29, 0.717) is 4.67 Å². The van der Waals surface area contributed by atoms with E-state index >= 15 is 0 Å². The zero-order chi connectivity index (χ0) is 12.5. The van der Waals surface area contributed by atoms with Crippen LogP contribution in [0.3, 0.4) is 0 Å². The van der Waals surface area contributed by atoms with Gasteiger partial charge in [-0.3, -0.25) is 0 Å². The molecule has 94 valence electrons. The third-order valence-electron chi connectivity index (χ3n) is 3.77. The zero-order valence-electron chi connectivity index (χ0n) is 9.97. The van der Waals surface area contributed by atoms with E-state index < -0.39 is 6.10 Å². The molecular formula is C15H15BrO2. The molecule has 0 amide bonds. The molecule has 1 aliphatic carbocycles. The Bertz CT molecular complexity index is 526. The Morgan fingerprint density at radius 3 is 2.39 bits per heavy atom. The van der Waals surface area contributed by atoms with E-state index in [1.165, 1.54) is 24.8 Å². The van der Waals surface area contributed by atoms with E-state index in [1.54, 1.807) is 12.3 Å². The third kappa shape index (κ3) is 2.13. The van der Waals surface area contributed by atoms with Gasteiger partial charge >= 0.3 is 0 Å². The highest BCUT2D eigenvalue weighted by Crippen LogP contribution is 2.37. The molecule has 1 unspecified atom stereocenters. The molecule has 1 aromatic carbocycles. The second-order valence-electron chi connectivity index (χ2n) is 4.85.